The standard InChI is InChI=1S/C16H26N2OS2/c1-3-14-16(19)18(9-6-4-5-7-10-20-2)15(17-14)13-8-11-21-12-13/h8,11-12,14-15,17H,3-7,9-10H2,1-2H3. The molecule has 0 saturated carbocycles. The molecule has 0 spiro atoms. The highest BCUT2D eigenvalue weighted by molar-refractivity contribution is 7.98. The fraction of sp³-hybridized carbons (Fsp3) is 0.688. The second kappa shape index (κ2) is 8.81. The SMILES string of the molecule is CCC1NC(c2ccsc2)N(CCCCCCSC)C1=O. The largest absolute Gasteiger partial charge is 0.322 e. The van der Waals surface area contributed by atoms with Gasteiger partial charge in [-0.25, -0.2) is 0 Å². The maximum Gasteiger partial charge on any atom is 0.241 e. The third-order valence-electron chi connectivity index (χ3n) is 4.02. The fourth-order valence-electron chi connectivity index (χ4n) is 2.80. The van der Waals surface area contributed by atoms with Crippen molar-refractivity contribution in [2.75, 3.05) is 18.6 Å². The van der Waals surface area contributed by atoms with Gasteiger partial charge in [0, 0.05) is 6.54 Å². The summed E-state index contributed by atoms with van der Waals surface area (Å²) in [6.07, 6.45) is 8.00. The van der Waals surface area contributed by atoms with Crippen LogP contribution < -0.4 is 5.32 Å². The van der Waals surface area contributed by atoms with Crippen molar-refractivity contribution < 1.29 is 4.79 Å². The number of rotatable bonds is 9. The molecular weight excluding hydrogens is 300 g/mol. The molecule has 3 nitrogen and oxygen atoms in total. The van der Waals surface area contributed by atoms with Crippen molar-refractivity contribution >= 4 is 29.0 Å². The van der Waals surface area contributed by atoms with E-state index in [9.17, 15) is 4.79 Å². The molecule has 1 aromatic heterocycles. The number of amides is 1. The van der Waals surface area contributed by atoms with E-state index in [0.717, 1.165) is 19.4 Å². The number of hydrogen-bond donors (Lipinski definition) is 1. The fourth-order valence-corrected chi connectivity index (χ4v) is 3.97. The van der Waals surface area contributed by atoms with Crippen molar-refractivity contribution in [1.29, 1.82) is 0 Å². The summed E-state index contributed by atoms with van der Waals surface area (Å²) >= 11 is 3.61. The highest BCUT2D eigenvalue weighted by Gasteiger charge is 2.38. The van der Waals surface area contributed by atoms with Crippen molar-refractivity contribution in [1.82, 2.24) is 10.2 Å². The highest BCUT2D eigenvalue weighted by Crippen LogP contribution is 2.28. The summed E-state index contributed by atoms with van der Waals surface area (Å²) in [5, 5.41) is 7.72. The molecule has 5 heteroatoms. The third-order valence-corrected chi connectivity index (χ3v) is 5.41. The molecule has 1 N–H and O–H groups in total. The molecule has 1 amide bonds. The molecule has 1 fully saturated rings. The topological polar surface area (TPSA) is 32.3 Å². The van der Waals surface area contributed by atoms with E-state index in [1.54, 1.807) is 11.3 Å². The minimum atomic E-state index is -0.00797. The first-order valence-corrected chi connectivity index (χ1v) is 10.2. The molecule has 0 aromatic carbocycles. The van der Waals surface area contributed by atoms with E-state index < -0.39 is 0 Å². The van der Waals surface area contributed by atoms with E-state index >= 15 is 0 Å². The van der Waals surface area contributed by atoms with Gasteiger partial charge in [0.05, 0.1) is 6.04 Å². The number of carbonyl (C=O) groups excluding carboxylic acids is 1. The highest BCUT2D eigenvalue weighted by atomic mass is 32.2. The zero-order valence-electron chi connectivity index (χ0n) is 13.0. The van der Waals surface area contributed by atoms with E-state index in [4.69, 9.17) is 0 Å². The molecule has 2 rings (SSSR count). The summed E-state index contributed by atoms with van der Waals surface area (Å²) in [4.78, 5) is 14.5. The summed E-state index contributed by atoms with van der Waals surface area (Å²) in [6, 6.07) is 2.12. The van der Waals surface area contributed by atoms with Gasteiger partial charge in [0.25, 0.3) is 0 Å². The van der Waals surface area contributed by atoms with Gasteiger partial charge in [0.2, 0.25) is 5.91 Å². The predicted octanol–water partition coefficient (Wildman–Crippen LogP) is 3.88. The number of unbranched alkanes of at least 4 members (excludes halogenated alkanes) is 3. The zero-order valence-corrected chi connectivity index (χ0v) is 14.6. The lowest BCUT2D eigenvalue weighted by molar-refractivity contribution is -0.130. The van der Waals surface area contributed by atoms with Crippen LogP contribution in [0.2, 0.25) is 0 Å². The van der Waals surface area contributed by atoms with E-state index in [1.807, 2.05) is 16.7 Å². The maximum atomic E-state index is 12.5. The second-order valence-electron chi connectivity index (χ2n) is 5.53. The number of thiophene rings is 1. The van der Waals surface area contributed by atoms with Crippen molar-refractivity contribution in [3.8, 4) is 0 Å². The Balaban J connectivity index is 1.86. The van der Waals surface area contributed by atoms with Gasteiger partial charge < -0.3 is 4.90 Å². The van der Waals surface area contributed by atoms with Crippen molar-refractivity contribution in [2.24, 2.45) is 0 Å². The molecule has 2 unspecified atom stereocenters. The van der Waals surface area contributed by atoms with Crippen LogP contribution in [0.5, 0.6) is 0 Å². The number of nitrogens with one attached hydrogen (secondary N) is 1. The lowest BCUT2D eigenvalue weighted by Gasteiger charge is -2.23. The van der Waals surface area contributed by atoms with Gasteiger partial charge in [-0.2, -0.15) is 23.1 Å². The van der Waals surface area contributed by atoms with Crippen molar-refractivity contribution in [3.63, 3.8) is 0 Å². The average molecular weight is 327 g/mol. The Morgan fingerprint density at radius 2 is 2.14 bits per heavy atom. The minimum Gasteiger partial charge on any atom is -0.322 e. The first-order valence-electron chi connectivity index (χ1n) is 7.85. The van der Waals surface area contributed by atoms with E-state index in [0.29, 0.717) is 0 Å². The lowest BCUT2D eigenvalue weighted by Crippen LogP contribution is -2.31. The van der Waals surface area contributed by atoms with Gasteiger partial charge in [-0.3, -0.25) is 10.1 Å². The van der Waals surface area contributed by atoms with Crippen LogP contribution in [0.1, 0.15) is 50.8 Å². The Labute approximate surface area is 136 Å². The summed E-state index contributed by atoms with van der Waals surface area (Å²) in [5.41, 5.74) is 1.23. The Morgan fingerprint density at radius 1 is 1.33 bits per heavy atom. The van der Waals surface area contributed by atoms with Crippen LogP contribution in [0.15, 0.2) is 16.8 Å². The molecule has 118 valence electrons. The van der Waals surface area contributed by atoms with Gasteiger partial charge >= 0.3 is 0 Å². The lowest BCUT2D eigenvalue weighted by atomic mass is 10.2. The Hall–Kier alpha value is -0.520. The van der Waals surface area contributed by atoms with Gasteiger partial charge in [-0.15, -0.1) is 0 Å². The minimum absolute atomic E-state index is 0.00797. The second-order valence-corrected chi connectivity index (χ2v) is 7.29. The normalized spacial score (nSPS) is 22.2. The van der Waals surface area contributed by atoms with E-state index in [1.165, 1.54) is 30.6 Å². The van der Waals surface area contributed by atoms with Crippen molar-refractivity contribution in [3.05, 3.63) is 22.4 Å². The van der Waals surface area contributed by atoms with Crippen LogP contribution >= 0.6 is 23.1 Å². The van der Waals surface area contributed by atoms with Crippen LogP contribution in [-0.4, -0.2) is 35.4 Å². The Kier molecular flexibility index (Phi) is 7.07. The summed E-state index contributed by atoms with van der Waals surface area (Å²) in [7, 11) is 0. The average Bonchev–Trinajstić information content (AvgIpc) is 3.11. The third kappa shape index (κ3) is 4.47. The quantitative estimate of drug-likeness (QED) is 0.699. The smallest absolute Gasteiger partial charge is 0.241 e. The molecule has 21 heavy (non-hydrogen) atoms. The van der Waals surface area contributed by atoms with Crippen LogP contribution in [0.25, 0.3) is 0 Å². The Morgan fingerprint density at radius 3 is 2.81 bits per heavy atom. The van der Waals surface area contributed by atoms with Crippen molar-refractivity contribution in [2.45, 2.75) is 51.2 Å². The molecule has 1 aliphatic rings. The monoisotopic (exact) mass is 326 g/mol. The summed E-state index contributed by atoms with van der Waals surface area (Å²) < 4.78 is 0. The van der Waals surface area contributed by atoms with Crippen LogP contribution in [0.4, 0.5) is 0 Å². The van der Waals surface area contributed by atoms with Gasteiger partial charge in [0.1, 0.15) is 6.17 Å². The summed E-state index contributed by atoms with van der Waals surface area (Å²) in [5.74, 6) is 1.53. The predicted molar refractivity (Wildman–Crippen MR) is 92.8 cm³/mol. The van der Waals surface area contributed by atoms with E-state index in [-0.39, 0.29) is 18.1 Å². The number of nitrogens with zero attached hydrogens (tertiary/aromatic N) is 1. The van der Waals surface area contributed by atoms with E-state index in [2.05, 4.69) is 35.3 Å². The molecule has 0 aliphatic carbocycles. The van der Waals surface area contributed by atoms with Crippen LogP contribution in [-0.2, 0) is 4.79 Å². The molecule has 0 radical (unpaired) electrons. The molecular formula is C16H26N2OS2. The zero-order chi connectivity index (χ0) is 15.1. The molecule has 1 aromatic rings. The van der Waals surface area contributed by atoms with Crippen LogP contribution in [0, 0.1) is 0 Å². The number of carbonyl (C=O) groups is 1. The maximum absolute atomic E-state index is 12.5. The summed E-state index contributed by atoms with van der Waals surface area (Å²) in [6.45, 7) is 2.95. The molecule has 2 atom stereocenters. The van der Waals surface area contributed by atoms with Gasteiger partial charge in [0.15, 0.2) is 0 Å². The number of thioether (sulfide) groups is 1. The Bertz CT molecular complexity index is 422. The number of hydrogen-bond acceptors (Lipinski definition) is 4. The van der Waals surface area contributed by atoms with Gasteiger partial charge in [-0.1, -0.05) is 19.8 Å². The first-order chi connectivity index (χ1) is 10.3. The molecule has 1 saturated heterocycles. The molecule has 0 bridgehead atoms. The van der Waals surface area contributed by atoms with Crippen LogP contribution in [0.3, 0.4) is 0 Å². The molecule has 2 heterocycles. The molecule has 1 aliphatic heterocycles. The van der Waals surface area contributed by atoms with Gasteiger partial charge in [-0.05, 0) is 53.7 Å². The first kappa shape index (κ1) is 16.8.